The van der Waals surface area contributed by atoms with Crippen molar-refractivity contribution in [2.45, 2.75) is 37.6 Å². The zero-order valence-electron chi connectivity index (χ0n) is 19.6. The summed E-state index contributed by atoms with van der Waals surface area (Å²) < 4.78 is 59.0. The number of hydrogen-bond donors (Lipinski definition) is 1. The predicted molar refractivity (Wildman–Crippen MR) is 125 cm³/mol. The molecule has 1 fully saturated rings. The van der Waals surface area contributed by atoms with Gasteiger partial charge in [-0.25, -0.2) is 19.3 Å². The van der Waals surface area contributed by atoms with Gasteiger partial charge in [-0.1, -0.05) is 18.2 Å². The molecule has 2 aliphatic rings. The van der Waals surface area contributed by atoms with Crippen molar-refractivity contribution in [3.8, 4) is 16.9 Å². The summed E-state index contributed by atoms with van der Waals surface area (Å²) in [5.74, 6) is 0.302. The Hall–Kier alpha value is -3.54. The van der Waals surface area contributed by atoms with Crippen molar-refractivity contribution in [2.24, 2.45) is 0 Å². The Balaban J connectivity index is 1.44. The zero-order chi connectivity index (χ0) is 25.5. The van der Waals surface area contributed by atoms with Crippen LogP contribution >= 0.6 is 0 Å². The maximum atomic E-state index is 15.2. The fourth-order valence-electron chi connectivity index (χ4n) is 4.95. The number of alkyl halides is 2. The Morgan fingerprint density at radius 2 is 1.86 bits per heavy atom. The highest BCUT2D eigenvalue weighted by molar-refractivity contribution is 5.65. The van der Waals surface area contributed by atoms with Crippen LogP contribution in [0.15, 0.2) is 48.9 Å². The van der Waals surface area contributed by atoms with Crippen LogP contribution in [0.4, 0.5) is 13.2 Å². The minimum absolute atomic E-state index is 0.0563. The van der Waals surface area contributed by atoms with E-state index in [1.54, 1.807) is 35.0 Å². The van der Waals surface area contributed by atoms with E-state index in [9.17, 15) is 13.9 Å². The molecule has 0 spiro atoms. The Morgan fingerprint density at radius 1 is 1.11 bits per heavy atom. The highest BCUT2D eigenvalue weighted by Crippen LogP contribution is 2.41. The van der Waals surface area contributed by atoms with Crippen molar-refractivity contribution in [3.63, 3.8) is 0 Å². The number of hydrogen-bond acceptors (Lipinski definition) is 7. The number of imidazole rings is 1. The molecule has 3 aromatic heterocycles. The lowest BCUT2D eigenvalue weighted by Crippen LogP contribution is -2.23. The fourth-order valence-corrected chi connectivity index (χ4v) is 4.95. The van der Waals surface area contributed by atoms with Crippen LogP contribution in [0.2, 0.25) is 0 Å². The molecule has 0 bridgehead atoms. The second-order valence-electron chi connectivity index (χ2n) is 9.01. The number of ether oxygens (including phenoxy) is 3. The maximum absolute atomic E-state index is 15.2. The third-order valence-electron chi connectivity index (χ3n) is 6.75. The van der Waals surface area contributed by atoms with Crippen LogP contribution in [0.5, 0.6) is 5.75 Å². The summed E-state index contributed by atoms with van der Waals surface area (Å²) in [4.78, 5) is 13.4. The zero-order valence-corrected chi connectivity index (χ0v) is 19.6. The van der Waals surface area contributed by atoms with Gasteiger partial charge in [-0.15, -0.1) is 0 Å². The monoisotopic (exact) mass is 512 g/mol. The van der Waals surface area contributed by atoms with Gasteiger partial charge in [0.25, 0.3) is 0 Å². The van der Waals surface area contributed by atoms with Gasteiger partial charge in [-0.05, 0) is 18.9 Å². The Labute approximate surface area is 209 Å². The number of pyridine rings is 1. The van der Waals surface area contributed by atoms with E-state index in [1.807, 2.05) is 0 Å². The lowest BCUT2D eigenvalue weighted by atomic mass is 9.99. The van der Waals surface area contributed by atoms with Crippen molar-refractivity contribution in [1.29, 1.82) is 0 Å². The molecule has 8 nitrogen and oxygen atoms in total. The second-order valence-corrected chi connectivity index (χ2v) is 9.01. The van der Waals surface area contributed by atoms with Gasteiger partial charge in [0, 0.05) is 60.5 Å². The molecule has 192 valence electrons. The van der Waals surface area contributed by atoms with Gasteiger partial charge in [-0.3, -0.25) is 4.40 Å². The van der Waals surface area contributed by atoms with E-state index < -0.39 is 24.6 Å². The van der Waals surface area contributed by atoms with Crippen LogP contribution in [-0.4, -0.2) is 50.9 Å². The van der Waals surface area contributed by atoms with Gasteiger partial charge < -0.3 is 19.3 Å². The average Bonchev–Trinajstić information content (AvgIpc) is 3.28. The number of aromatic nitrogens is 4. The smallest absolute Gasteiger partial charge is 0.387 e. The van der Waals surface area contributed by atoms with Crippen LogP contribution in [0, 0.1) is 5.82 Å². The molecule has 1 N–H and O–H groups in total. The van der Waals surface area contributed by atoms with E-state index in [2.05, 4.69) is 15.0 Å². The number of para-hydroxylation sites is 1. The second kappa shape index (κ2) is 9.73. The van der Waals surface area contributed by atoms with Crippen molar-refractivity contribution >= 4 is 5.65 Å². The molecule has 2 aliphatic heterocycles. The number of nitrogens with zero attached hydrogens (tertiary/aromatic N) is 4. The first-order valence-electron chi connectivity index (χ1n) is 11.9. The van der Waals surface area contributed by atoms with E-state index in [-0.39, 0.29) is 35.2 Å². The standard InChI is InChI=1S/C26H23F3N4O4/c27-18-9-21-32-22-19(34)13-36-24(16-3-1-2-4-20(16)37-26(28)29)23(22)33(21)12-17(18)15-10-30-25(31-11-15)14-5-7-35-8-6-14/h1-4,9-12,14,19,24,26,34H,5-8,13H2/t19-,24+/m1/s1. The molecular formula is C26H23F3N4O4. The SMILES string of the molecule is O[C@@H]1CO[C@@H](c2ccccc2OC(F)F)c2c1nc1cc(F)c(-c3cnc(C4CCOCC4)nc3)cn21. The van der Waals surface area contributed by atoms with Crippen LogP contribution in [0.25, 0.3) is 16.8 Å². The summed E-state index contributed by atoms with van der Waals surface area (Å²) in [5.41, 5.74) is 1.96. The fraction of sp³-hybridized carbons (Fsp3) is 0.346. The number of aliphatic hydroxyl groups is 1. The van der Waals surface area contributed by atoms with Crippen molar-refractivity contribution in [2.75, 3.05) is 19.8 Å². The van der Waals surface area contributed by atoms with Gasteiger partial charge in [0.2, 0.25) is 0 Å². The minimum atomic E-state index is -3.03. The van der Waals surface area contributed by atoms with Crippen LogP contribution in [0.3, 0.4) is 0 Å². The van der Waals surface area contributed by atoms with Gasteiger partial charge >= 0.3 is 6.61 Å². The first-order chi connectivity index (χ1) is 18.0. The maximum Gasteiger partial charge on any atom is 0.387 e. The Morgan fingerprint density at radius 3 is 2.62 bits per heavy atom. The number of halogens is 3. The average molecular weight is 512 g/mol. The van der Waals surface area contributed by atoms with E-state index in [0.717, 1.165) is 12.8 Å². The number of rotatable bonds is 5. The van der Waals surface area contributed by atoms with E-state index in [4.69, 9.17) is 14.2 Å². The van der Waals surface area contributed by atoms with E-state index in [0.29, 0.717) is 35.9 Å². The number of benzene rings is 1. The molecule has 0 saturated carbocycles. The third kappa shape index (κ3) is 4.43. The first-order valence-corrected chi connectivity index (χ1v) is 11.9. The quantitative estimate of drug-likeness (QED) is 0.419. The van der Waals surface area contributed by atoms with Crippen molar-refractivity contribution < 1.29 is 32.5 Å². The summed E-state index contributed by atoms with van der Waals surface area (Å²) in [6.45, 7) is -1.82. The Bertz CT molecular complexity index is 1420. The molecule has 0 amide bonds. The molecule has 6 rings (SSSR count). The van der Waals surface area contributed by atoms with Crippen molar-refractivity contribution in [3.05, 3.63) is 77.5 Å². The van der Waals surface area contributed by atoms with Gasteiger partial charge in [0.1, 0.15) is 35.2 Å². The summed E-state index contributed by atoms with van der Waals surface area (Å²) in [6.07, 6.45) is 4.42. The summed E-state index contributed by atoms with van der Waals surface area (Å²) >= 11 is 0. The molecule has 11 heteroatoms. The van der Waals surface area contributed by atoms with Crippen LogP contribution in [0.1, 0.15) is 53.7 Å². The normalized spacial score (nSPS) is 20.4. The Kier molecular flexibility index (Phi) is 6.27. The summed E-state index contributed by atoms with van der Waals surface area (Å²) in [6, 6.07) is 7.53. The van der Waals surface area contributed by atoms with Gasteiger partial charge in [0.15, 0.2) is 0 Å². The highest BCUT2D eigenvalue weighted by atomic mass is 19.3. The van der Waals surface area contributed by atoms with Gasteiger partial charge in [-0.2, -0.15) is 8.78 Å². The molecule has 0 aliphatic carbocycles. The van der Waals surface area contributed by atoms with E-state index in [1.165, 1.54) is 18.3 Å². The summed E-state index contributed by atoms with van der Waals surface area (Å²) in [7, 11) is 0. The third-order valence-corrected chi connectivity index (χ3v) is 6.75. The molecule has 37 heavy (non-hydrogen) atoms. The topological polar surface area (TPSA) is 91.0 Å². The van der Waals surface area contributed by atoms with Crippen LogP contribution in [-0.2, 0) is 9.47 Å². The largest absolute Gasteiger partial charge is 0.434 e. The molecule has 4 aromatic rings. The lowest BCUT2D eigenvalue weighted by molar-refractivity contribution is -0.0548. The molecule has 0 unspecified atom stereocenters. The first kappa shape index (κ1) is 23.8. The number of fused-ring (bicyclic) bond motifs is 3. The highest BCUT2D eigenvalue weighted by Gasteiger charge is 2.35. The van der Waals surface area contributed by atoms with Crippen LogP contribution < -0.4 is 4.74 Å². The van der Waals surface area contributed by atoms with Crippen molar-refractivity contribution in [1.82, 2.24) is 19.4 Å². The molecule has 1 aromatic carbocycles. The van der Waals surface area contributed by atoms with Gasteiger partial charge in [0.05, 0.1) is 18.0 Å². The minimum Gasteiger partial charge on any atom is -0.434 e. The molecular weight excluding hydrogens is 489 g/mol. The number of aliphatic hydroxyl groups excluding tert-OH is 1. The summed E-state index contributed by atoms with van der Waals surface area (Å²) in [5, 5.41) is 10.6. The molecule has 2 atom stereocenters. The molecule has 0 radical (unpaired) electrons. The van der Waals surface area contributed by atoms with E-state index >= 15 is 4.39 Å². The lowest BCUT2D eigenvalue weighted by Gasteiger charge is -2.28. The molecule has 5 heterocycles. The molecule has 1 saturated heterocycles. The predicted octanol–water partition coefficient (Wildman–Crippen LogP) is 4.58.